The van der Waals surface area contributed by atoms with Crippen LogP contribution in [0.25, 0.3) is 22.5 Å². The van der Waals surface area contributed by atoms with Gasteiger partial charge in [-0.2, -0.15) is 4.98 Å². The SMILES string of the molecule is Fc1cc(-c2nc(C3CC(Cl)C3)no2)c2nccnc2c1. The molecule has 0 unspecified atom stereocenters. The van der Waals surface area contributed by atoms with Crippen LogP contribution in [0.3, 0.4) is 0 Å². The number of fused-ring (bicyclic) bond motifs is 1. The van der Waals surface area contributed by atoms with Gasteiger partial charge < -0.3 is 4.52 Å². The third-order valence-electron chi connectivity index (χ3n) is 3.66. The van der Waals surface area contributed by atoms with Crippen molar-refractivity contribution < 1.29 is 8.91 Å². The lowest BCUT2D eigenvalue weighted by Crippen LogP contribution is -2.22. The van der Waals surface area contributed by atoms with Crippen LogP contribution in [0, 0.1) is 5.82 Å². The Labute approximate surface area is 124 Å². The van der Waals surface area contributed by atoms with E-state index in [4.69, 9.17) is 16.1 Å². The summed E-state index contributed by atoms with van der Waals surface area (Å²) in [4.78, 5) is 12.7. The average Bonchev–Trinajstić information content (AvgIpc) is 2.92. The van der Waals surface area contributed by atoms with E-state index < -0.39 is 5.82 Å². The van der Waals surface area contributed by atoms with Crippen molar-refractivity contribution in [3.05, 3.63) is 36.2 Å². The van der Waals surface area contributed by atoms with E-state index in [0.717, 1.165) is 12.8 Å². The molecule has 0 spiro atoms. The van der Waals surface area contributed by atoms with Gasteiger partial charge in [0.2, 0.25) is 0 Å². The Morgan fingerprint density at radius 2 is 2.00 bits per heavy atom. The molecule has 0 aliphatic heterocycles. The molecule has 0 radical (unpaired) electrons. The number of halogens is 2. The zero-order valence-electron chi connectivity index (χ0n) is 10.8. The van der Waals surface area contributed by atoms with Crippen LogP contribution in [-0.4, -0.2) is 25.5 Å². The van der Waals surface area contributed by atoms with Gasteiger partial charge in [0.15, 0.2) is 5.82 Å². The molecule has 4 rings (SSSR count). The van der Waals surface area contributed by atoms with Gasteiger partial charge in [0.25, 0.3) is 5.89 Å². The lowest BCUT2D eigenvalue weighted by molar-refractivity contribution is 0.371. The quantitative estimate of drug-likeness (QED) is 0.680. The molecule has 1 aliphatic carbocycles. The van der Waals surface area contributed by atoms with Gasteiger partial charge in [0.05, 0.1) is 11.1 Å². The summed E-state index contributed by atoms with van der Waals surface area (Å²) in [6.07, 6.45) is 4.74. The Morgan fingerprint density at radius 1 is 1.19 bits per heavy atom. The highest BCUT2D eigenvalue weighted by molar-refractivity contribution is 6.21. The van der Waals surface area contributed by atoms with Crippen molar-refractivity contribution in [1.82, 2.24) is 20.1 Å². The Hall–Kier alpha value is -2.08. The fraction of sp³-hybridized carbons (Fsp3) is 0.286. The van der Waals surface area contributed by atoms with Crippen LogP contribution in [0.15, 0.2) is 29.0 Å². The Morgan fingerprint density at radius 3 is 2.81 bits per heavy atom. The fourth-order valence-corrected chi connectivity index (χ4v) is 2.90. The van der Waals surface area contributed by atoms with E-state index in [0.29, 0.717) is 22.4 Å². The van der Waals surface area contributed by atoms with Gasteiger partial charge >= 0.3 is 0 Å². The maximum atomic E-state index is 13.7. The third kappa shape index (κ3) is 2.15. The minimum atomic E-state index is -0.415. The summed E-state index contributed by atoms with van der Waals surface area (Å²) in [5, 5.41) is 4.15. The standard InChI is InChI=1S/C14H10ClFN4O/c15-8-3-7(4-8)13-19-14(21-20-13)10-5-9(16)6-11-12(10)18-2-1-17-11/h1-2,5-8H,3-4H2. The molecule has 7 heteroatoms. The highest BCUT2D eigenvalue weighted by Crippen LogP contribution is 2.39. The first-order chi connectivity index (χ1) is 10.2. The van der Waals surface area contributed by atoms with Gasteiger partial charge in [-0.3, -0.25) is 9.97 Å². The molecule has 21 heavy (non-hydrogen) atoms. The zero-order chi connectivity index (χ0) is 14.4. The van der Waals surface area contributed by atoms with Gasteiger partial charge in [-0.1, -0.05) is 5.16 Å². The number of hydrogen-bond acceptors (Lipinski definition) is 5. The van der Waals surface area contributed by atoms with Gasteiger partial charge in [-0.25, -0.2) is 4.39 Å². The second-order valence-corrected chi connectivity index (χ2v) is 5.72. The molecule has 1 aliphatic rings. The van der Waals surface area contributed by atoms with E-state index in [1.165, 1.54) is 18.3 Å². The van der Waals surface area contributed by atoms with E-state index in [9.17, 15) is 4.39 Å². The van der Waals surface area contributed by atoms with Gasteiger partial charge in [0.1, 0.15) is 11.3 Å². The summed E-state index contributed by atoms with van der Waals surface area (Å²) < 4.78 is 19.0. The van der Waals surface area contributed by atoms with Gasteiger partial charge in [-0.05, 0) is 18.9 Å². The van der Waals surface area contributed by atoms with Crippen LogP contribution in [-0.2, 0) is 0 Å². The second kappa shape index (κ2) is 4.73. The first kappa shape index (κ1) is 12.6. The Balaban J connectivity index is 1.79. The van der Waals surface area contributed by atoms with E-state index in [1.54, 1.807) is 6.20 Å². The highest BCUT2D eigenvalue weighted by atomic mass is 35.5. The van der Waals surface area contributed by atoms with Crippen molar-refractivity contribution in [3.63, 3.8) is 0 Å². The Bertz CT molecular complexity index is 816. The molecule has 1 saturated carbocycles. The summed E-state index contributed by atoms with van der Waals surface area (Å²) in [5.41, 5.74) is 1.45. The van der Waals surface area contributed by atoms with Crippen molar-refractivity contribution in [2.45, 2.75) is 24.1 Å². The maximum Gasteiger partial charge on any atom is 0.260 e. The summed E-state index contributed by atoms with van der Waals surface area (Å²) in [7, 11) is 0. The summed E-state index contributed by atoms with van der Waals surface area (Å²) in [5.74, 6) is 0.675. The van der Waals surface area contributed by atoms with Crippen LogP contribution in [0.4, 0.5) is 4.39 Å². The van der Waals surface area contributed by atoms with E-state index in [1.807, 2.05) is 0 Å². The molecular weight excluding hydrogens is 295 g/mol. The molecule has 106 valence electrons. The monoisotopic (exact) mass is 304 g/mol. The van der Waals surface area contributed by atoms with Crippen LogP contribution in [0.1, 0.15) is 24.6 Å². The predicted molar refractivity (Wildman–Crippen MR) is 74.4 cm³/mol. The summed E-state index contributed by atoms with van der Waals surface area (Å²) >= 11 is 5.96. The lowest BCUT2D eigenvalue weighted by atomic mass is 9.84. The number of rotatable bonds is 2. The molecular formula is C14H10ClFN4O. The molecule has 0 amide bonds. The number of nitrogens with zero attached hydrogens (tertiary/aromatic N) is 4. The molecule has 2 heterocycles. The number of alkyl halides is 1. The molecule has 5 nitrogen and oxygen atoms in total. The molecule has 0 N–H and O–H groups in total. The van der Waals surface area contributed by atoms with Crippen LogP contribution in [0.2, 0.25) is 0 Å². The molecule has 1 fully saturated rings. The van der Waals surface area contributed by atoms with Crippen molar-refractivity contribution in [1.29, 1.82) is 0 Å². The third-order valence-corrected chi connectivity index (χ3v) is 4.01. The number of benzene rings is 1. The summed E-state index contributed by atoms with van der Waals surface area (Å²) in [6, 6.07) is 2.66. The van der Waals surface area contributed by atoms with Gasteiger partial charge in [-0.15, -0.1) is 11.6 Å². The summed E-state index contributed by atoms with van der Waals surface area (Å²) in [6.45, 7) is 0. The first-order valence-corrected chi connectivity index (χ1v) is 7.02. The lowest BCUT2D eigenvalue weighted by Gasteiger charge is -2.27. The van der Waals surface area contributed by atoms with E-state index >= 15 is 0 Å². The van der Waals surface area contributed by atoms with Crippen LogP contribution in [0.5, 0.6) is 0 Å². The zero-order valence-corrected chi connectivity index (χ0v) is 11.6. The fourth-order valence-electron chi connectivity index (χ4n) is 2.47. The predicted octanol–water partition coefficient (Wildman–Crippen LogP) is 3.30. The van der Waals surface area contributed by atoms with Crippen molar-refractivity contribution in [2.24, 2.45) is 0 Å². The minimum absolute atomic E-state index is 0.179. The number of hydrogen-bond donors (Lipinski definition) is 0. The van der Waals surface area contributed by atoms with E-state index in [2.05, 4.69) is 20.1 Å². The van der Waals surface area contributed by atoms with Gasteiger partial charge in [0, 0.05) is 29.8 Å². The molecule has 0 atom stereocenters. The first-order valence-electron chi connectivity index (χ1n) is 6.59. The van der Waals surface area contributed by atoms with E-state index in [-0.39, 0.29) is 17.2 Å². The van der Waals surface area contributed by atoms with Crippen LogP contribution >= 0.6 is 11.6 Å². The average molecular weight is 305 g/mol. The maximum absolute atomic E-state index is 13.7. The Kier molecular flexibility index (Phi) is 2.85. The molecule has 2 aromatic heterocycles. The molecule has 1 aromatic carbocycles. The molecule has 0 bridgehead atoms. The van der Waals surface area contributed by atoms with Crippen molar-refractivity contribution in [3.8, 4) is 11.5 Å². The van der Waals surface area contributed by atoms with Crippen LogP contribution < -0.4 is 0 Å². The normalized spacial score (nSPS) is 21.4. The van der Waals surface area contributed by atoms with Crippen molar-refractivity contribution in [2.75, 3.05) is 0 Å². The second-order valence-electron chi connectivity index (χ2n) is 5.10. The largest absolute Gasteiger partial charge is 0.334 e. The molecule has 0 saturated heterocycles. The smallest absolute Gasteiger partial charge is 0.260 e. The topological polar surface area (TPSA) is 64.7 Å². The number of aromatic nitrogens is 4. The van der Waals surface area contributed by atoms with Crippen molar-refractivity contribution >= 4 is 22.6 Å². The molecule has 3 aromatic rings. The minimum Gasteiger partial charge on any atom is -0.334 e. The highest BCUT2D eigenvalue weighted by Gasteiger charge is 2.32.